The molecule has 1 aromatic heterocycles. The van der Waals surface area contributed by atoms with Gasteiger partial charge < -0.3 is 24.3 Å². The second kappa shape index (κ2) is 10.5. The largest absolute Gasteiger partial charge is 0.491 e. The molecule has 13 heteroatoms. The third-order valence-corrected chi connectivity index (χ3v) is 9.73. The van der Waals surface area contributed by atoms with Crippen LogP contribution in [0.15, 0.2) is 57.1 Å². The van der Waals surface area contributed by atoms with E-state index in [0.29, 0.717) is 38.3 Å². The summed E-state index contributed by atoms with van der Waals surface area (Å²) in [6.45, 7) is 1.50. The summed E-state index contributed by atoms with van der Waals surface area (Å²) in [5.41, 5.74) is -0.374. The summed E-state index contributed by atoms with van der Waals surface area (Å²) in [5.74, 6) is 0.348. The molecule has 2 aromatic rings. The van der Waals surface area contributed by atoms with E-state index < -0.39 is 26.2 Å². The Morgan fingerprint density at radius 1 is 1.20 bits per heavy atom. The summed E-state index contributed by atoms with van der Waals surface area (Å²) < 4.78 is 69.5. The maximum absolute atomic E-state index is 12.7. The van der Waals surface area contributed by atoms with Crippen molar-refractivity contribution >= 4 is 20.0 Å². The maximum Gasteiger partial charge on any atom is 0.246 e. The van der Waals surface area contributed by atoms with Crippen LogP contribution in [0, 0.1) is 0 Å². The van der Waals surface area contributed by atoms with Gasteiger partial charge in [-0.1, -0.05) is 6.07 Å². The van der Waals surface area contributed by atoms with Crippen molar-refractivity contribution in [1.29, 1.82) is 0 Å². The summed E-state index contributed by atoms with van der Waals surface area (Å²) in [7, 11) is -5.80. The van der Waals surface area contributed by atoms with E-state index >= 15 is 0 Å². The molecule has 0 bridgehead atoms. The van der Waals surface area contributed by atoms with Crippen molar-refractivity contribution in [1.82, 2.24) is 14.3 Å². The molecule has 2 fully saturated rings. The molecule has 3 N–H and O–H groups in total. The van der Waals surface area contributed by atoms with Gasteiger partial charge in [0, 0.05) is 31.7 Å². The standard InChI is InChI=1S/C22H31N3O8S2/c1-23-34(27,28)20-4-2-3-19(11-20)32-15-18(26)13-24-17-12-22(33-14-17)6-8-25(9-7-22)35(29,30)21-5-10-31-16-21/h2-5,10-11,16-18,23-24,26H,6-9,12-15H2,1H3. The lowest BCUT2D eigenvalue weighted by Crippen LogP contribution is -2.47. The quantitative estimate of drug-likeness (QED) is 0.401. The molecule has 0 radical (unpaired) electrons. The SMILES string of the molecule is CNS(=O)(=O)c1cccc(OCC(O)CNC2COC3(CCN(S(=O)(=O)c4ccoc4)CC3)C2)c1. The van der Waals surface area contributed by atoms with Gasteiger partial charge in [-0.25, -0.2) is 21.6 Å². The summed E-state index contributed by atoms with van der Waals surface area (Å²) in [4.78, 5) is 0.244. The molecule has 0 amide bonds. The number of aliphatic hydroxyl groups is 1. The Kier molecular flexibility index (Phi) is 7.86. The highest BCUT2D eigenvalue weighted by molar-refractivity contribution is 7.89. The van der Waals surface area contributed by atoms with Crippen LogP contribution >= 0.6 is 0 Å². The van der Waals surface area contributed by atoms with Crippen LogP contribution in [0.3, 0.4) is 0 Å². The summed E-state index contributed by atoms with van der Waals surface area (Å²) in [5, 5.41) is 13.6. The van der Waals surface area contributed by atoms with Crippen molar-refractivity contribution in [2.45, 2.75) is 46.8 Å². The fourth-order valence-corrected chi connectivity index (χ4v) is 6.54. The van der Waals surface area contributed by atoms with Crippen molar-refractivity contribution in [3.8, 4) is 5.75 Å². The molecule has 2 atom stereocenters. The molecule has 2 aliphatic rings. The molecule has 1 spiro atoms. The minimum absolute atomic E-state index is 0.00436. The first-order chi connectivity index (χ1) is 16.6. The molecule has 0 saturated carbocycles. The molecule has 35 heavy (non-hydrogen) atoms. The van der Waals surface area contributed by atoms with Crippen LogP contribution in [0.2, 0.25) is 0 Å². The first-order valence-electron chi connectivity index (χ1n) is 11.4. The van der Waals surface area contributed by atoms with Gasteiger partial charge in [0.15, 0.2) is 0 Å². The highest BCUT2D eigenvalue weighted by atomic mass is 32.2. The molecule has 194 valence electrons. The van der Waals surface area contributed by atoms with Gasteiger partial charge in [-0.3, -0.25) is 0 Å². The summed E-state index contributed by atoms with van der Waals surface area (Å²) in [6.07, 6.45) is 3.70. The normalized spacial score (nSPS) is 21.8. The number of ether oxygens (including phenoxy) is 2. The Morgan fingerprint density at radius 3 is 2.66 bits per heavy atom. The van der Waals surface area contributed by atoms with Crippen molar-refractivity contribution in [2.24, 2.45) is 0 Å². The van der Waals surface area contributed by atoms with Crippen molar-refractivity contribution in [2.75, 3.05) is 39.9 Å². The van der Waals surface area contributed by atoms with E-state index in [2.05, 4.69) is 10.0 Å². The molecular formula is C22H31N3O8S2. The second-order valence-corrected chi connectivity index (χ2v) is 12.6. The number of hydrogen-bond acceptors (Lipinski definition) is 9. The summed E-state index contributed by atoms with van der Waals surface area (Å²) >= 11 is 0. The number of rotatable bonds is 10. The zero-order valence-corrected chi connectivity index (χ0v) is 21.1. The van der Waals surface area contributed by atoms with E-state index in [4.69, 9.17) is 13.9 Å². The smallest absolute Gasteiger partial charge is 0.246 e. The Bertz CT molecular complexity index is 1190. The van der Waals surface area contributed by atoms with Gasteiger partial charge in [-0.05, 0) is 44.5 Å². The van der Waals surface area contributed by atoms with Crippen LogP contribution < -0.4 is 14.8 Å². The third kappa shape index (κ3) is 6.05. The molecule has 2 saturated heterocycles. The van der Waals surface area contributed by atoms with Crippen LogP contribution in [-0.2, 0) is 24.8 Å². The number of furan rings is 1. The monoisotopic (exact) mass is 529 g/mol. The first kappa shape index (κ1) is 26.1. The van der Waals surface area contributed by atoms with Gasteiger partial charge in [0.25, 0.3) is 0 Å². The molecule has 2 unspecified atom stereocenters. The summed E-state index contributed by atoms with van der Waals surface area (Å²) in [6, 6.07) is 7.55. The minimum atomic E-state index is -3.58. The van der Waals surface area contributed by atoms with Gasteiger partial charge in [-0.15, -0.1) is 0 Å². The van der Waals surface area contributed by atoms with Crippen molar-refractivity contribution in [3.05, 3.63) is 42.9 Å². The Morgan fingerprint density at radius 2 is 1.97 bits per heavy atom. The molecule has 1 aromatic carbocycles. The van der Waals surface area contributed by atoms with E-state index in [1.54, 1.807) is 12.1 Å². The van der Waals surface area contributed by atoms with Gasteiger partial charge in [0.2, 0.25) is 20.0 Å². The van der Waals surface area contributed by atoms with Crippen molar-refractivity contribution in [3.63, 3.8) is 0 Å². The lowest BCUT2D eigenvalue weighted by atomic mass is 9.88. The number of hydrogen-bond donors (Lipinski definition) is 3. The first-order valence-corrected chi connectivity index (χ1v) is 14.3. The van der Waals surface area contributed by atoms with E-state index in [9.17, 15) is 21.9 Å². The highest BCUT2D eigenvalue weighted by Crippen LogP contribution is 2.37. The average Bonchev–Trinajstić information content (AvgIpc) is 3.53. The molecule has 2 aliphatic heterocycles. The topological polar surface area (TPSA) is 147 Å². The molecular weight excluding hydrogens is 498 g/mol. The fraction of sp³-hybridized carbons (Fsp3) is 0.545. The number of nitrogens with one attached hydrogen (secondary N) is 2. The van der Waals surface area contributed by atoms with Crippen LogP contribution in [-0.4, -0.2) is 83.9 Å². The van der Waals surface area contributed by atoms with Crippen LogP contribution in [0.1, 0.15) is 19.3 Å². The Labute approximate surface area is 205 Å². The predicted octanol–water partition coefficient (Wildman–Crippen LogP) is 0.529. The lowest BCUT2D eigenvalue weighted by Gasteiger charge is -2.37. The number of piperidine rings is 1. The second-order valence-electron chi connectivity index (χ2n) is 8.81. The van der Waals surface area contributed by atoms with E-state index in [0.717, 1.165) is 6.42 Å². The predicted molar refractivity (Wildman–Crippen MR) is 126 cm³/mol. The number of nitrogens with zero attached hydrogens (tertiary/aromatic N) is 1. The Hall–Kier alpha value is -2.00. The van der Waals surface area contributed by atoms with E-state index in [-0.39, 0.29) is 34.6 Å². The van der Waals surface area contributed by atoms with Crippen LogP contribution in [0.4, 0.5) is 0 Å². The minimum Gasteiger partial charge on any atom is -0.491 e. The molecule has 11 nitrogen and oxygen atoms in total. The maximum atomic E-state index is 12.7. The van der Waals surface area contributed by atoms with E-state index in [1.807, 2.05) is 0 Å². The average molecular weight is 530 g/mol. The number of sulfonamides is 2. The molecule has 3 heterocycles. The van der Waals surface area contributed by atoms with Gasteiger partial charge in [-0.2, -0.15) is 4.31 Å². The fourth-order valence-electron chi connectivity index (χ4n) is 4.41. The van der Waals surface area contributed by atoms with Crippen molar-refractivity contribution < 1.29 is 35.8 Å². The van der Waals surface area contributed by atoms with E-state index in [1.165, 1.54) is 42.1 Å². The molecule has 0 aliphatic carbocycles. The van der Waals surface area contributed by atoms with Crippen LogP contribution in [0.25, 0.3) is 0 Å². The Balaban J connectivity index is 1.21. The van der Waals surface area contributed by atoms with Crippen LogP contribution in [0.5, 0.6) is 5.75 Å². The zero-order chi connectivity index (χ0) is 25.1. The van der Waals surface area contributed by atoms with Gasteiger partial charge in [0.05, 0.1) is 23.4 Å². The molecule has 4 rings (SSSR count). The highest BCUT2D eigenvalue weighted by Gasteiger charge is 2.44. The lowest BCUT2D eigenvalue weighted by molar-refractivity contribution is -0.0312. The van der Waals surface area contributed by atoms with Gasteiger partial charge in [0.1, 0.15) is 29.6 Å². The number of aliphatic hydroxyl groups excluding tert-OH is 1. The third-order valence-electron chi connectivity index (χ3n) is 6.44. The van der Waals surface area contributed by atoms with Gasteiger partial charge >= 0.3 is 0 Å². The number of benzene rings is 1. The zero-order valence-electron chi connectivity index (χ0n) is 19.4.